The van der Waals surface area contributed by atoms with Gasteiger partial charge in [-0.15, -0.1) is 0 Å². The van der Waals surface area contributed by atoms with Crippen molar-refractivity contribution in [3.05, 3.63) is 35.4 Å². The number of ether oxygens (including phenoxy) is 1. The van der Waals surface area contributed by atoms with Crippen molar-refractivity contribution in [1.29, 1.82) is 0 Å². The highest BCUT2D eigenvalue weighted by Crippen LogP contribution is 2.61. The first kappa shape index (κ1) is 18.4. The van der Waals surface area contributed by atoms with Gasteiger partial charge in [0.2, 0.25) is 0 Å². The topological polar surface area (TPSA) is 55.4 Å². The molecule has 1 aromatic rings. The van der Waals surface area contributed by atoms with Crippen LogP contribution in [0.1, 0.15) is 55.8 Å². The Morgan fingerprint density at radius 3 is 2.11 bits per heavy atom. The Morgan fingerprint density at radius 2 is 1.59 bits per heavy atom. The fraction of sp³-hybridized carbons (Fsp3) is 0.619. The molecule has 4 saturated carbocycles. The van der Waals surface area contributed by atoms with E-state index in [4.69, 9.17) is 4.74 Å². The average Bonchev–Trinajstić information content (AvgIpc) is 2.57. The van der Waals surface area contributed by atoms with Crippen LogP contribution in [0.4, 0.5) is 8.78 Å². The first-order valence-corrected chi connectivity index (χ1v) is 9.75. The summed E-state index contributed by atoms with van der Waals surface area (Å²) in [6.45, 7) is 1.60. The number of halogens is 2. The second kappa shape index (κ2) is 6.88. The lowest BCUT2D eigenvalue weighted by Gasteiger charge is -2.59. The maximum Gasteiger partial charge on any atom is 0.338 e. The van der Waals surface area contributed by atoms with E-state index in [2.05, 4.69) is 12.2 Å². The molecule has 0 aromatic heterocycles. The predicted molar refractivity (Wildman–Crippen MR) is 94.9 cm³/mol. The van der Waals surface area contributed by atoms with Gasteiger partial charge in [-0.05, 0) is 80.8 Å². The van der Waals surface area contributed by atoms with Gasteiger partial charge in [0.15, 0.2) is 6.61 Å². The van der Waals surface area contributed by atoms with Gasteiger partial charge in [-0.3, -0.25) is 4.79 Å². The zero-order chi connectivity index (χ0) is 19.2. The van der Waals surface area contributed by atoms with Gasteiger partial charge in [0.25, 0.3) is 5.91 Å². The first-order chi connectivity index (χ1) is 12.8. The summed E-state index contributed by atoms with van der Waals surface area (Å²) in [5.74, 6) is -0.637. The van der Waals surface area contributed by atoms with Crippen LogP contribution in [0.2, 0.25) is 0 Å². The van der Waals surface area contributed by atoms with Crippen LogP contribution in [0.15, 0.2) is 18.2 Å². The molecule has 0 heterocycles. The molecule has 1 aromatic carbocycles. The van der Waals surface area contributed by atoms with E-state index in [0.29, 0.717) is 6.07 Å². The molecule has 4 bridgehead atoms. The predicted octanol–water partition coefficient (Wildman–Crippen LogP) is 3.84. The monoisotopic (exact) mass is 377 g/mol. The lowest BCUT2D eigenvalue weighted by Crippen LogP contribution is -2.56. The maximum absolute atomic E-state index is 13.2. The smallest absolute Gasteiger partial charge is 0.338 e. The van der Waals surface area contributed by atoms with E-state index in [1.54, 1.807) is 0 Å². The van der Waals surface area contributed by atoms with E-state index in [1.807, 2.05) is 0 Å². The Kier molecular flexibility index (Phi) is 4.68. The molecule has 4 nitrogen and oxygen atoms in total. The Balaban J connectivity index is 1.32. The number of carbonyl (C=O) groups excluding carboxylic acids is 2. The number of amides is 1. The number of nitrogens with one attached hydrogen (secondary N) is 1. The van der Waals surface area contributed by atoms with Crippen molar-refractivity contribution in [2.24, 2.45) is 23.2 Å². The summed E-state index contributed by atoms with van der Waals surface area (Å²) < 4.78 is 31.3. The average molecular weight is 377 g/mol. The Hall–Kier alpha value is -1.98. The van der Waals surface area contributed by atoms with Gasteiger partial charge in [0.05, 0.1) is 5.56 Å². The number of carbonyl (C=O) groups is 2. The third kappa shape index (κ3) is 3.71. The maximum atomic E-state index is 13.2. The third-order valence-electron chi connectivity index (χ3n) is 6.81. The molecule has 1 amide bonds. The van der Waals surface area contributed by atoms with Gasteiger partial charge in [0.1, 0.15) is 11.6 Å². The summed E-state index contributed by atoms with van der Waals surface area (Å²) in [7, 11) is 0. The molecule has 0 spiro atoms. The molecule has 27 heavy (non-hydrogen) atoms. The molecule has 1 N–H and O–H groups in total. The van der Waals surface area contributed by atoms with Crippen molar-refractivity contribution in [2.75, 3.05) is 6.61 Å². The van der Waals surface area contributed by atoms with Gasteiger partial charge < -0.3 is 10.1 Å². The molecule has 1 atom stereocenters. The summed E-state index contributed by atoms with van der Waals surface area (Å²) in [4.78, 5) is 24.2. The molecule has 4 aliphatic rings. The van der Waals surface area contributed by atoms with Crippen molar-refractivity contribution in [1.82, 2.24) is 5.32 Å². The van der Waals surface area contributed by atoms with E-state index in [0.717, 1.165) is 29.9 Å². The lowest BCUT2D eigenvalue weighted by atomic mass is 9.48. The minimum Gasteiger partial charge on any atom is -0.452 e. The molecule has 146 valence electrons. The molecule has 4 aliphatic carbocycles. The molecular formula is C21H25F2NO3. The lowest BCUT2D eigenvalue weighted by molar-refractivity contribution is -0.128. The minimum absolute atomic E-state index is 0.0312. The number of hydrogen-bond donors (Lipinski definition) is 1. The van der Waals surface area contributed by atoms with Crippen LogP contribution < -0.4 is 5.32 Å². The normalized spacial score (nSPS) is 32.2. The number of benzene rings is 1. The van der Waals surface area contributed by atoms with Crippen LogP contribution in [0.25, 0.3) is 0 Å². The number of rotatable bonds is 5. The largest absolute Gasteiger partial charge is 0.452 e. The van der Waals surface area contributed by atoms with Crippen molar-refractivity contribution in [2.45, 2.75) is 51.5 Å². The second-order valence-electron chi connectivity index (χ2n) is 8.80. The summed E-state index contributed by atoms with van der Waals surface area (Å²) in [5, 5.41) is 3.00. The van der Waals surface area contributed by atoms with E-state index in [9.17, 15) is 18.4 Å². The van der Waals surface area contributed by atoms with Crippen molar-refractivity contribution >= 4 is 11.9 Å². The molecule has 6 heteroatoms. The molecule has 4 fully saturated rings. The van der Waals surface area contributed by atoms with Gasteiger partial charge in [-0.1, -0.05) is 0 Å². The Morgan fingerprint density at radius 1 is 1.07 bits per heavy atom. The summed E-state index contributed by atoms with van der Waals surface area (Å²) >= 11 is 0. The van der Waals surface area contributed by atoms with Crippen molar-refractivity contribution in [3.63, 3.8) is 0 Å². The fourth-order valence-corrected chi connectivity index (χ4v) is 6.03. The number of esters is 1. The molecule has 0 saturated heterocycles. The molecule has 0 aliphatic heterocycles. The van der Waals surface area contributed by atoms with Crippen LogP contribution in [0, 0.1) is 34.8 Å². The first-order valence-electron chi connectivity index (χ1n) is 9.75. The molecule has 0 unspecified atom stereocenters. The Bertz CT molecular complexity index is 708. The van der Waals surface area contributed by atoms with Crippen LogP contribution >= 0.6 is 0 Å². The number of hydrogen-bond acceptors (Lipinski definition) is 3. The quantitative estimate of drug-likeness (QED) is 0.793. The Labute approximate surface area is 157 Å². The van der Waals surface area contributed by atoms with Gasteiger partial charge in [0, 0.05) is 12.1 Å². The highest BCUT2D eigenvalue weighted by Gasteiger charge is 2.53. The molecule has 5 rings (SSSR count). The zero-order valence-electron chi connectivity index (χ0n) is 15.5. The van der Waals surface area contributed by atoms with E-state index < -0.39 is 24.2 Å². The van der Waals surface area contributed by atoms with Gasteiger partial charge in [-0.2, -0.15) is 0 Å². The summed E-state index contributed by atoms with van der Waals surface area (Å²) in [6.07, 6.45) is 7.51. The van der Waals surface area contributed by atoms with Crippen LogP contribution in [-0.2, 0) is 9.53 Å². The van der Waals surface area contributed by atoms with Crippen LogP contribution in [0.3, 0.4) is 0 Å². The fourth-order valence-electron chi connectivity index (χ4n) is 6.03. The highest BCUT2D eigenvalue weighted by molar-refractivity contribution is 5.91. The minimum atomic E-state index is -0.911. The van der Waals surface area contributed by atoms with Gasteiger partial charge >= 0.3 is 5.97 Å². The second-order valence-corrected chi connectivity index (χ2v) is 8.80. The molecule has 0 radical (unpaired) electrons. The zero-order valence-corrected chi connectivity index (χ0v) is 15.5. The van der Waals surface area contributed by atoms with E-state index >= 15 is 0 Å². The van der Waals surface area contributed by atoms with Crippen molar-refractivity contribution < 1.29 is 23.1 Å². The van der Waals surface area contributed by atoms with E-state index in [-0.39, 0.29) is 22.9 Å². The summed E-state index contributed by atoms with van der Waals surface area (Å²) in [5.41, 5.74) is -0.0745. The molecular weight excluding hydrogens is 352 g/mol. The van der Waals surface area contributed by atoms with Crippen LogP contribution in [0.5, 0.6) is 0 Å². The van der Waals surface area contributed by atoms with E-state index in [1.165, 1.54) is 38.5 Å². The summed E-state index contributed by atoms with van der Waals surface area (Å²) in [6, 6.07) is 2.49. The van der Waals surface area contributed by atoms with Crippen molar-refractivity contribution in [3.8, 4) is 0 Å². The highest BCUT2D eigenvalue weighted by atomic mass is 19.1. The standard InChI is InChI=1S/C21H25F2NO3/c1-12(21-8-13-2-14(9-21)4-15(3-13)10-21)24-19(25)11-27-20(26)16-5-17(22)7-18(23)6-16/h5-7,12-15H,2-4,8-11H2,1H3,(H,24,25)/t12-,13?,14?,15?,21?/m0/s1. The SMILES string of the molecule is C[C@H](NC(=O)COC(=O)c1cc(F)cc(F)c1)C12CC3CC(CC(C3)C1)C2. The van der Waals surface area contributed by atoms with Crippen LogP contribution in [-0.4, -0.2) is 24.5 Å². The third-order valence-corrected chi connectivity index (χ3v) is 6.81. The van der Waals surface area contributed by atoms with Gasteiger partial charge in [-0.25, -0.2) is 13.6 Å².